The minimum absolute atomic E-state index is 0.0521. The van der Waals surface area contributed by atoms with E-state index in [0.29, 0.717) is 6.42 Å². The van der Waals surface area contributed by atoms with Gasteiger partial charge in [-0.25, -0.2) is 4.79 Å². The Balaban J connectivity index is 2.29. The van der Waals surface area contributed by atoms with Crippen molar-refractivity contribution in [1.82, 2.24) is 15.6 Å². The summed E-state index contributed by atoms with van der Waals surface area (Å²) in [7, 11) is 0. The highest BCUT2D eigenvalue weighted by Crippen LogP contribution is 2.20. The molecule has 1 aromatic carbocycles. The SMILES string of the molecule is CCC(C)C(N)C(=O)NC(Cc1c[nH]c2ccccc12)C(=O)NC(C(=O)O)C(C)CC. The van der Waals surface area contributed by atoms with Crippen molar-refractivity contribution in [1.29, 1.82) is 0 Å². The van der Waals surface area contributed by atoms with Gasteiger partial charge in [-0.3, -0.25) is 9.59 Å². The van der Waals surface area contributed by atoms with Gasteiger partial charge in [0.1, 0.15) is 12.1 Å². The summed E-state index contributed by atoms with van der Waals surface area (Å²) < 4.78 is 0. The van der Waals surface area contributed by atoms with Crippen LogP contribution in [0.2, 0.25) is 0 Å². The Morgan fingerprint density at radius 3 is 2.29 bits per heavy atom. The lowest BCUT2D eigenvalue weighted by atomic mass is 9.97. The summed E-state index contributed by atoms with van der Waals surface area (Å²) in [6, 6.07) is 4.92. The van der Waals surface area contributed by atoms with Gasteiger partial charge in [-0.15, -0.1) is 0 Å². The van der Waals surface area contributed by atoms with E-state index in [1.165, 1.54) is 0 Å². The number of hydrogen-bond acceptors (Lipinski definition) is 4. The molecule has 2 rings (SSSR count). The van der Waals surface area contributed by atoms with E-state index in [9.17, 15) is 19.5 Å². The van der Waals surface area contributed by atoms with E-state index in [1.54, 1.807) is 13.1 Å². The van der Waals surface area contributed by atoms with E-state index in [-0.39, 0.29) is 18.3 Å². The molecule has 0 bridgehead atoms. The molecule has 8 nitrogen and oxygen atoms in total. The van der Waals surface area contributed by atoms with Crippen LogP contribution in [0.15, 0.2) is 30.5 Å². The summed E-state index contributed by atoms with van der Waals surface area (Å²) in [5.74, 6) is -2.37. The smallest absolute Gasteiger partial charge is 0.326 e. The lowest BCUT2D eigenvalue weighted by molar-refractivity contribution is -0.143. The number of nitrogens with one attached hydrogen (secondary N) is 3. The molecule has 0 saturated carbocycles. The van der Waals surface area contributed by atoms with Gasteiger partial charge >= 0.3 is 5.97 Å². The summed E-state index contributed by atoms with van der Waals surface area (Å²) in [4.78, 5) is 40.7. The minimum atomic E-state index is -1.10. The molecule has 6 N–H and O–H groups in total. The maximum atomic E-state index is 13.1. The Morgan fingerprint density at radius 2 is 1.68 bits per heavy atom. The number of nitrogens with two attached hydrogens (primary N) is 1. The van der Waals surface area contributed by atoms with Crippen LogP contribution in [0.4, 0.5) is 0 Å². The van der Waals surface area contributed by atoms with E-state index in [4.69, 9.17) is 5.73 Å². The van der Waals surface area contributed by atoms with Crippen molar-refractivity contribution in [2.45, 2.75) is 65.1 Å². The van der Waals surface area contributed by atoms with E-state index in [2.05, 4.69) is 15.6 Å². The Hall–Kier alpha value is -2.87. The first-order valence-electron chi connectivity index (χ1n) is 10.8. The molecule has 1 aromatic heterocycles. The fourth-order valence-electron chi connectivity index (χ4n) is 3.45. The average molecular weight is 431 g/mol. The molecule has 2 amide bonds. The highest BCUT2D eigenvalue weighted by molar-refractivity contribution is 5.93. The van der Waals surface area contributed by atoms with E-state index < -0.39 is 35.9 Å². The van der Waals surface area contributed by atoms with Gasteiger partial charge in [0.05, 0.1) is 6.04 Å². The van der Waals surface area contributed by atoms with Gasteiger partial charge in [-0.1, -0.05) is 58.7 Å². The third-order valence-electron chi connectivity index (χ3n) is 6.07. The Morgan fingerprint density at radius 1 is 1.03 bits per heavy atom. The number of amides is 2. The van der Waals surface area contributed by atoms with Crippen LogP contribution in [0.1, 0.15) is 46.1 Å². The molecule has 31 heavy (non-hydrogen) atoms. The average Bonchev–Trinajstić information content (AvgIpc) is 3.17. The zero-order valence-corrected chi connectivity index (χ0v) is 18.6. The Bertz CT molecular complexity index is 910. The second-order valence-electron chi connectivity index (χ2n) is 8.25. The highest BCUT2D eigenvalue weighted by atomic mass is 16.4. The second kappa shape index (κ2) is 10.9. The topological polar surface area (TPSA) is 137 Å². The number of H-pyrrole nitrogens is 1. The maximum absolute atomic E-state index is 13.1. The van der Waals surface area contributed by atoms with Crippen LogP contribution in [0.5, 0.6) is 0 Å². The first kappa shape index (κ1) is 24.4. The van der Waals surface area contributed by atoms with Gasteiger partial charge in [0.25, 0.3) is 0 Å². The number of aromatic nitrogens is 1. The molecule has 5 unspecified atom stereocenters. The Labute approximate surface area is 183 Å². The quantitative estimate of drug-likeness (QED) is 0.372. The van der Waals surface area contributed by atoms with Crippen molar-refractivity contribution in [2.75, 3.05) is 0 Å². The van der Waals surface area contributed by atoms with Crippen LogP contribution in [-0.2, 0) is 20.8 Å². The molecule has 0 aliphatic heterocycles. The molecule has 0 fully saturated rings. The normalized spacial score (nSPS) is 16.2. The van der Waals surface area contributed by atoms with Crippen LogP contribution >= 0.6 is 0 Å². The number of carboxylic acid groups (broad SMARTS) is 1. The number of aromatic amines is 1. The molecule has 0 aliphatic rings. The number of benzene rings is 1. The van der Waals surface area contributed by atoms with Crippen molar-refractivity contribution in [3.8, 4) is 0 Å². The molecule has 0 aliphatic carbocycles. The van der Waals surface area contributed by atoms with Crippen molar-refractivity contribution >= 4 is 28.7 Å². The summed E-state index contributed by atoms with van der Waals surface area (Å²) in [6.45, 7) is 7.45. The fraction of sp³-hybridized carbons (Fsp3) is 0.522. The van der Waals surface area contributed by atoms with E-state index in [1.807, 2.05) is 45.0 Å². The molecule has 0 spiro atoms. The number of rotatable bonds is 11. The summed E-state index contributed by atoms with van der Waals surface area (Å²) in [6.07, 6.45) is 3.33. The number of carboxylic acids is 1. The summed E-state index contributed by atoms with van der Waals surface area (Å²) >= 11 is 0. The van der Waals surface area contributed by atoms with Crippen molar-refractivity contribution < 1.29 is 19.5 Å². The number of carbonyl (C=O) groups excluding carboxylic acids is 2. The van der Waals surface area contributed by atoms with Gasteiger partial charge in [0.2, 0.25) is 11.8 Å². The molecule has 170 valence electrons. The summed E-state index contributed by atoms with van der Waals surface area (Å²) in [5, 5.41) is 15.9. The number of hydrogen-bond donors (Lipinski definition) is 5. The molecule has 0 radical (unpaired) electrons. The lowest BCUT2D eigenvalue weighted by Gasteiger charge is -2.26. The first-order chi connectivity index (χ1) is 14.7. The number of aliphatic carboxylic acids is 1. The number of carbonyl (C=O) groups is 3. The van der Waals surface area contributed by atoms with E-state index in [0.717, 1.165) is 22.9 Å². The molecule has 8 heteroatoms. The highest BCUT2D eigenvalue weighted by Gasteiger charge is 2.31. The predicted octanol–water partition coefficient (Wildman–Crippen LogP) is 2.18. The maximum Gasteiger partial charge on any atom is 0.326 e. The van der Waals surface area contributed by atoms with Gasteiger partial charge < -0.3 is 26.5 Å². The Kier molecular flexibility index (Phi) is 8.62. The van der Waals surface area contributed by atoms with Gasteiger partial charge in [0, 0.05) is 23.5 Å². The fourth-order valence-corrected chi connectivity index (χ4v) is 3.45. The molecule has 2 aromatic rings. The largest absolute Gasteiger partial charge is 0.480 e. The van der Waals surface area contributed by atoms with Crippen molar-refractivity contribution in [2.24, 2.45) is 17.6 Å². The predicted molar refractivity (Wildman–Crippen MR) is 120 cm³/mol. The number of fused-ring (bicyclic) bond motifs is 1. The lowest BCUT2D eigenvalue weighted by Crippen LogP contribution is -2.57. The standard InChI is InChI=1S/C23H34N4O4/c1-5-13(3)19(24)22(29)26-18(21(28)27-20(23(30)31)14(4)6-2)11-15-12-25-17-10-8-7-9-16(15)17/h7-10,12-14,18-20,25H,5-6,11,24H2,1-4H3,(H,26,29)(H,27,28)(H,30,31). The zero-order chi connectivity index (χ0) is 23.1. The molecule has 5 atom stereocenters. The first-order valence-corrected chi connectivity index (χ1v) is 10.8. The molecular formula is C23H34N4O4. The molecule has 1 heterocycles. The van der Waals surface area contributed by atoms with Crippen LogP contribution in [-0.4, -0.2) is 46.0 Å². The third-order valence-corrected chi connectivity index (χ3v) is 6.07. The molecule has 0 saturated heterocycles. The van der Waals surface area contributed by atoms with Crippen molar-refractivity contribution in [3.05, 3.63) is 36.0 Å². The van der Waals surface area contributed by atoms with Crippen LogP contribution in [0, 0.1) is 11.8 Å². The molecular weight excluding hydrogens is 396 g/mol. The van der Waals surface area contributed by atoms with Crippen LogP contribution in [0.3, 0.4) is 0 Å². The van der Waals surface area contributed by atoms with Gasteiger partial charge in [0.15, 0.2) is 0 Å². The van der Waals surface area contributed by atoms with E-state index >= 15 is 0 Å². The minimum Gasteiger partial charge on any atom is -0.480 e. The van der Waals surface area contributed by atoms with Gasteiger partial charge in [-0.2, -0.15) is 0 Å². The van der Waals surface area contributed by atoms with Crippen LogP contribution < -0.4 is 16.4 Å². The van der Waals surface area contributed by atoms with Crippen LogP contribution in [0.25, 0.3) is 10.9 Å². The van der Waals surface area contributed by atoms with Gasteiger partial charge in [-0.05, 0) is 23.5 Å². The zero-order valence-electron chi connectivity index (χ0n) is 18.6. The van der Waals surface area contributed by atoms with Crippen molar-refractivity contribution in [3.63, 3.8) is 0 Å². The summed E-state index contributed by atoms with van der Waals surface area (Å²) in [5.41, 5.74) is 7.83. The monoisotopic (exact) mass is 430 g/mol. The number of para-hydroxylation sites is 1. The second-order valence-corrected chi connectivity index (χ2v) is 8.25. The third kappa shape index (κ3) is 6.07.